The van der Waals surface area contributed by atoms with E-state index < -0.39 is 47.4 Å². The van der Waals surface area contributed by atoms with E-state index in [4.69, 9.17) is 26.9 Å². The van der Waals surface area contributed by atoms with E-state index in [1.54, 1.807) is 20.8 Å². The van der Waals surface area contributed by atoms with Crippen molar-refractivity contribution in [1.82, 2.24) is 15.2 Å². The van der Waals surface area contributed by atoms with E-state index in [-0.39, 0.29) is 33.0 Å². The molecular weight excluding hydrogens is 498 g/mol. The Morgan fingerprint density at radius 1 is 1.42 bits per heavy atom. The van der Waals surface area contributed by atoms with Gasteiger partial charge in [0.15, 0.2) is 10.8 Å². The number of amides is 2. The summed E-state index contributed by atoms with van der Waals surface area (Å²) in [6, 6.07) is -1.02. The Morgan fingerprint density at radius 3 is 2.70 bits per heavy atom. The number of hydrogen-bond acceptors (Lipinski definition) is 11. The fourth-order valence-corrected chi connectivity index (χ4v) is 5.01. The van der Waals surface area contributed by atoms with E-state index in [0.717, 1.165) is 16.2 Å². The summed E-state index contributed by atoms with van der Waals surface area (Å²) >= 11 is 8.21. The number of nitrogens with two attached hydrogens (primary N) is 1. The molecular formula is C18H20ClN5O7S2. The van der Waals surface area contributed by atoms with Crippen LogP contribution in [0.4, 0.5) is 5.13 Å². The number of hydrogen-bond donors (Lipinski definition) is 3. The lowest BCUT2D eigenvalue weighted by molar-refractivity contribution is -0.160. The molecule has 1 unspecified atom stereocenters. The van der Waals surface area contributed by atoms with Gasteiger partial charge in [0.05, 0.1) is 5.03 Å². The van der Waals surface area contributed by atoms with Crippen molar-refractivity contribution in [1.29, 1.82) is 0 Å². The summed E-state index contributed by atoms with van der Waals surface area (Å²) in [6.07, 6.45) is 0. The van der Waals surface area contributed by atoms with E-state index in [1.165, 1.54) is 17.1 Å². The average molecular weight is 518 g/mol. The number of carboxylic acid groups (broad SMARTS) is 1. The zero-order chi connectivity index (χ0) is 24.5. The molecule has 3 heterocycles. The van der Waals surface area contributed by atoms with Gasteiger partial charge in [-0.2, -0.15) is 0 Å². The highest BCUT2D eigenvalue weighted by molar-refractivity contribution is 8.00. The number of fused-ring (bicyclic) bond motifs is 1. The number of β-lactam (4-membered cyclic amide) rings is 1. The lowest BCUT2D eigenvalue weighted by Crippen LogP contribution is -2.71. The van der Waals surface area contributed by atoms with Gasteiger partial charge >= 0.3 is 11.9 Å². The molecule has 1 fully saturated rings. The Hall–Kier alpha value is -2.84. The number of oxime groups is 1. The highest BCUT2D eigenvalue weighted by Gasteiger charge is 2.54. The fourth-order valence-electron chi connectivity index (χ4n) is 2.91. The largest absolute Gasteiger partial charge is 0.477 e. The second-order valence-electron chi connectivity index (χ2n) is 7.79. The number of aliphatic carboxylic acids is 1. The lowest BCUT2D eigenvalue weighted by atomic mass is 10.0. The van der Waals surface area contributed by atoms with Gasteiger partial charge in [0.2, 0.25) is 6.61 Å². The molecule has 2 aliphatic heterocycles. The Labute approximate surface area is 201 Å². The number of aromatic nitrogens is 1. The van der Waals surface area contributed by atoms with E-state index in [1.807, 2.05) is 0 Å². The summed E-state index contributed by atoms with van der Waals surface area (Å²) in [6.45, 7) is 4.50. The standard InChI is InChI=1S/C18H20ClN5O7S2/c1-18(2,3)31-9(25)4-30-23-10(8-6-33-17(20)21-8)13(26)22-11-14(27)24-12(16(28)29)7(19)5-32-15(11)24/h6,11,15H,4-5H2,1-3H3,(H2,20,21)(H,22,26)(H,28,29)/t11?,15-/m1/s1. The highest BCUT2D eigenvalue weighted by atomic mass is 35.5. The van der Waals surface area contributed by atoms with Crippen molar-refractivity contribution < 1.29 is 33.9 Å². The number of nitrogens with zero attached hydrogens (tertiary/aromatic N) is 3. The Bertz CT molecular complexity index is 1060. The smallest absolute Gasteiger partial charge is 0.353 e. The Kier molecular flexibility index (Phi) is 7.19. The van der Waals surface area contributed by atoms with Crippen molar-refractivity contribution in [3.63, 3.8) is 0 Å². The molecule has 3 rings (SSSR count). The number of thioether (sulfide) groups is 1. The molecule has 0 spiro atoms. The quantitative estimate of drug-likeness (QED) is 0.202. The zero-order valence-electron chi connectivity index (χ0n) is 17.7. The van der Waals surface area contributed by atoms with Crippen LogP contribution < -0.4 is 11.1 Å². The summed E-state index contributed by atoms with van der Waals surface area (Å²) in [5, 5.41) is 16.6. The number of nitrogen functional groups attached to an aromatic ring is 1. The predicted octanol–water partition coefficient (Wildman–Crippen LogP) is 0.723. The molecule has 178 valence electrons. The molecule has 2 amide bonds. The first-order chi connectivity index (χ1) is 15.4. The number of carbonyl (C=O) groups is 4. The van der Waals surface area contributed by atoms with Crippen LogP contribution in [-0.2, 0) is 28.8 Å². The van der Waals surface area contributed by atoms with Crippen molar-refractivity contribution >= 4 is 69.3 Å². The average Bonchev–Trinajstić information content (AvgIpc) is 3.13. The van der Waals surface area contributed by atoms with Crippen LogP contribution in [0.2, 0.25) is 0 Å². The topological polar surface area (TPSA) is 174 Å². The summed E-state index contributed by atoms with van der Waals surface area (Å²) in [5.74, 6) is -3.31. The van der Waals surface area contributed by atoms with E-state index >= 15 is 0 Å². The monoisotopic (exact) mass is 517 g/mol. The number of thiazole rings is 1. The minimum atomic E-state index is -1.33. The SMILES string of the molecule is CC(C)(C)OC(=O)CON=C(C(=O)NC1C(=O)N2C(C(=O)O)=C(Cl)CS[C@H]12)c1csc(N)n1. The van der Waals surface area contributed by atoms with Gasteiger partial charge in [0.25, 0.3) is 11.8 Å². The molecule has 0 bridgehead atoms. The zero-order valence-corrected chi connectivity index (χ0v) is 20.0. The molecule has 1 aromatic rings. The first-order valence-electron chi connectivity index (χ1n) is 9.39. The first kappa shape index (κ1) is 24.8. The molecule has 0 saturated carbocycles. The summed E-state index contributed by atoms with van der Waals surface area (Å²) in [4.78, 5) is 58.8. The summed E-state index contributed by atoms with van der Waals surface area (Å²) in [5.41, 5.74) is 4.36. The van der Waals surface area contributed by atoms with E-state index in [2.05, 4.69) is 15.5 Å². The number of carbonyl (C=O) groups excluding carboxylic acids is 3. The number of esters is 1. The molecule has 0 aromatic carbocycles. The fraction of sp³-hybridized carbons (Fsp3) is 0.444. The van der Waals surface area contributed by atoms with E-state index in [0.29, 0.717) is 0 Å². The number of rotatable bonds is 7. The van der Waals surface area contributed by atoms with Gasteiger partial charge in [-0.3, -0.25) is 14.5 Å². The molecule has 0 aliphatic carbocycles. The van der Waals surface area contributed by atoms with Crippen LogP contribution in [0.1, 0.15) is 26.5 Å². The minimum absolute atomic E-state index is 0.0395. The van der Waals surface area contributed by atoms with E-state index in [9.17, 15) is 24.3 Å². The van der Waals surface area contributed by atoms with Gasteiger partial charge in [-0.25, -0.2) is 14.6 Å². The second-order valence-corrected chi connectivity index (χ2v) is 10.2. The van der Waals surface area contributed by atoms with Gasteiger partial charge in [-0.1, -0.05) is 16.8 Å². The molecule has 4 N–H and O–H groups in total. The maximum Gasteiger partial charge on any atom is 0.353 e. The predicted molar refractivity (Wildman–Crippen MR) is 120 cm³/mol. The summed E-state index contributed by atoms with van der Waals surface area (Å²) < 4.78 is 5.11. The molecule has 33 heavy (non-hydrogen) atoms. The number of ether oxygens (including phenoxy) is 1. The van der Waals surface area contributed by atoms with Gasteiger partial charge in [0.1, 0.15) is 28.4 Å². The van der Waals surface area contributed by atoms with Gasteiger partial charge in [-0.05, 0) is 20.8 Å². The molecule has 0 radical (unpaired) electrons. The number of anilines is 1. The summed E-state index contributed by atoms with van der Waals surface area (Å²) in [7, 11) is 0. The van der Waals surface area contributed by atoms with Crippen LogP contribution in [0, 0.1) is 0 Å². The van der Waals surface area contributed by atoms with Crippen LogP contribution in [-0.4, -0.2) is 73.8 Å². The number of carboxylic acids is 1. The molecule has 15 heteroatoms. The van der Waals surface area contributed by atoms with Gasteiger partial charge in [-0.15, -0.1) is 23.1 Å². The first-order valence-corrected chi connectivity index (χ1v) is 11.7. The normalized spacial score (nSPS) is 20.7. The molecule has 1 saturated heterocycles. The molecule has 2 aliphatic rings. The second kappa shape index (κ2) is 9.57. The van der Waals surface area contributed by atoms with Gasteiger partial charge < -0.3 is 25.7 Å². The number of nitrogens with one attached hydrogen (secondary N) is 1. The van der Waals surface area contributed by atoms with Crippen LogP contribution in [0.3, 0.4) is 0 Å². The maximum atomic E-state index is 12.9. The molecule has 12 nitrogen and oxygen atoms in total. The minimum Gasteiger partial charge on any atom is -0.477 e. The van der Waals surface area contributed by atoms with Crippen LogP contribution in [0.25, 0.3) is 0 Å². The van der Waals surface area contributed by atoms with Crippen molar-refractivity contribution in [3.8, 4) is 0 Å². The third-order valence-electron chi connectivity index (χ3n) is 4.15. The van der Waals surface area contributed by atoms with Crippen molar-refractivity contribution in [3.05, 3.63) is 21.8 Å². The third-order valence-corrected chi connectivity index (χ3v) is 6.57. The number of halogens is 1. The van der Waals surface area contributed by atoms with Crippen molar-refractivity contribution in [2.24, 2.45) is 5.16 Å². The van der Waals surface area contributed by atoms with Gasteiger partial charge in [0, 0.05) is 11.1 Å². The van der Waals surface area contributed by atoms with Crippen LogP contribution >= 0.6 is 34.7 Å². The van der Waals surface area contributed by atoms with Crippen molar-refractivity contribution in [2.45, 2.75) is 37.8 Å². The third kappa shape index (κ3) is 5.57. The Balaban J connectivity index is 1.73. The molecule has 1 aromatic heterocycles. The van der Waals surface area contributed by atoms with Crippen LogP contribution in [0.5, 0.6) is 0 Å². The Morgan fingerprint density at radius 2 is 2.12 bits per heavy atom. The van der Waals surface area contributed by atoms with Crippen LogP contribution in [0.15, 0.2) is 21.3 Å². The maximum absolute atomic E-state index is 12.9. The van der Waals surface area contributed by atoms with Crippen molar-refractivity contribution in [2.75, 3.05) is 18.1 Å². The molecule has 2 atom stereocenters. The highest BCUT2D eigenvalue weighted by Crippen LogP contribution is 2.41. The lowest BCUT2D eigenvalue weighted by Gasteiger charge is -2.48.